The molecule has 0 fully saturated rings. The van der Waals surface area contributed by atoms with Gasteiger partial charge in [-0.25, -0.2) is 9.97 Å². The Morgan fingerprint density at radius 2 is 1.55 bits per heavy atom. The average molecular weight is 392 g/mol. The third-order valence-corrected chi connectivity index (χ3v) is 4.10. The number of anilines is 3. The first-order valence-corrected chi connectivity index (χ1v) is 8.73. The Kier molecular flexibility index (Phi) is 6.03. The van der Waals surface area contributed by atoms with Gasteiger partial charge >= 0.3 is 0 Å². The van der Waals surface area contributed by atoms with Crippen molar-refractivity contribution in [3.05, 3.63) is 66.1 Å². The van der Waals surface area contributed by atoms with Crippen LogP contribution >= 0.6 is 0 Å². The molecule has 2 aromatic carbocycles. The van der Waals surface area contributed by atoms with Crippen molar-refractivity contribution in [2.75, 3.05) is 24.9 Å². The largest absolute Gasteiger partial charge is 0.493 e. The summed E-state index contributed by atoms with van der Waals surface area (Å²) in [5, 5.41) is 5.85. The zero-order valence-electron chi connectivity index (χ0n) is 16.2. The van der Waals surface area contributed by atoms with E-state index in [0.29, 0.717) is 34.3 Å². The molecular formula is C21H20N4O4. The monoisotopic (exact) mass is 392 g/mol. The number of benzene rings is 2. The highest BCUT2D eigenvalue weighted by molar-refractivity contribution is 6.03. The molecule has 0 aliphatic carbocycles. The number of ketones is 1. The van der Waals surface area contributed by atoms with Crippen LogP contribution in [-0.4, -0.2) is 35.9 Å². The highest BCUT2D eigenvalue weighted by Gasteiger charge is 2.11. The van der Waals surface area contributed by atoms with E-state index in [9.17, 15) is 9.59 Å². The lowest BCUT2D eigenvalue weighted by Gasteiger charge is -2.11. The number of aromatic nitrogens is 2. The van der Waals surface area contributed by atoms with E-state index < -0.39 is 5.91 Å². The lowest BCUT2D eigenvalue weighted by molar-refractivity contribution is 0.101. The van der Waals surface area contributed by atoms with Crippen LogP contribution in [0.2, 0.25) is 0 Å². The maximum Gasteiger partial charge on any atom is 0.274 e. The van der Waals surface area contributed by atoms with Crippen LogP contribution in [0.3, 0.4) is 0 Å². The number of ether oxygens (including phenoxy) is 2. The molecule has 0 bridgehead atoms. The zero-order valence-corrected chi connectivity index (χ0v) is 16.2. The van der Waals surface area contributed by atoms with Crippen LogP contribution in [0.5, 0.6) is 11.5 Å². The topological polar surface area (TPSA) is 102 Å². The van der Waals surface area contributed by atoms with E-state index in [1.54, 1.807) is 56.7 Å². The van der Waals surface area contributed by atoms with Crippen molar-refractivity contribution in [2.24, 2.45) is 0 Å². The second-order valence-corrected chi connectivity index (χ2v) is 6.07. The van der Waals surface area contributed by atoms with E-state index in [-0.39, 0.29) is 11.5 Å². The fourth-order valence-electron chi connectivity index (χ4n) is 2.60. The standard InChI is InChI=1S/C21H20N4O4/c1-13(26)14-4-6-15(7-5-14)25-21(27)17-11-20(23-12-22-17)24-16-8-9-18(28-2)19(10-16)29-3/h4-12H,1-3H3,(H,25,27)(H,22,23,24). The number of carbonyl (C=O) groups excluding carboxylic acids is 2. The number of rotatable bonds is 7. The van der Waals surface area contributed by atoms with Gasteiger partial charge in [-0.2, -0.15) is 0 Å². The normalized spacial score (nSPS) is 10.2. The zero-order chi connectivity index (χ0) is 20.8. The Labute approximate surface area is 167 Å². The van der Waals surface area contributed by atoms with Gasteiger partial charge in [0.2, 0.25) is 0 Å². The molecule has 0 aliphatic heterocycles. The molecule has 1 heterocycles. The van der Waals surface area contributed by atoms with E-state index >= 15 is 0 Å². The van der Waals surface area contributed by atoms with Crippen LogP contribution in [-0.2, 0) is 0 Å². The number of nitrogens with one attached hydrogen (secondary N) is 2. The first kappa shape index (κ1) is 19.8. The molecule has 0 unspecified atom stereocenters. The SMILES string of the molecule is COc1ccc(Nc2cc(C(=O)Nc3ccc(C(C)=O)cc3)ncn2)cc1OC. The van der Waals surface area contributed by atoms with Gasteiger partial charge < -0.3 is 20.1 Å². The smallest absolute Gasteiger partial charge is 0.274 e. The van der Waals surface area contributed by atoms with Gasteiger partial charge in [0.25, 0.3) is 5.91 Å². The maximum atomic E-state index is 12.5. The van der Waals surface area contributed by atoms with Gasteiger partial charge in [0, 0.05) is 29.1 Å². The molecule has 0 saturated heterocycles. The minimum absolute atomic E-state index is 0.0374. The Balaban J connectivity index is 1.73. The third-order valence-electron chi connectivity index (χ3n) is 4.10. The average Bonchev–Trinajstić information content (AvgIpc) is 2.74. The van der Waals surface area contributed by atoms with Gasteiger partial charge in [0.1, 0.15) is 17.8 Å². The molecule has 148 valence electrons. The van der Waals surface area contributed by atoms with E-state index in [2.05, 4.69) is 20.6 Å². The Hall–Kier alpha value is -3.94. The summed E-state index contributed by atoms with van der Waals surface area (Å²) in [6.45, 7) is 1.49. The van der Waals surface area contributed by atoms with Gasteiger partial charge in [-0.05, 0) is 43.3 Å². The molecule has 3 aromatic rings. The molecule has 29 heavy (non-hydrogen) atoms. The molecular weight excluding hydrogens is 372 g/mol. The Morgan fingerprint density at radius 3 is 2.21 bits per heavy atom. The van der Waals surface area contributed by atoms with Crippen molar-refractivity contribution in [2.45, 2.75) is 6.92 Å². The summed E-state index contributed by atoms with van der Waals surface area (Å²) in [5.74, 6) is 1.20. The molecule has 0 spiro atoms. The fourth-order valence-corrected chi connectivity index (χ4v) is 2.60. The summed E-state index contributed by atoms with van der Waals surface area (Å²) >= 11 is 0. The van der Waals surface area contributed by atoms with Crippen molar-refractivity contribution < 1.29 is 19.1 Å². The van der Waals surface area contributed by atoms with Crippen LogP contribution in [0.15, 0.2) is 54.9 Å². The summed E-state index contributed by atoms with van der Waals surface area (Å²) in [4.78, 5) is 32.0. The van der Waals surface area contributed by atoms with E-state index in [4.69, 9.17) is 9.47 Å². The molecule has 8 nitrogen and oxygen atoms in total. The quantitative estimate of drug-likeness (QED) is 0.591. The molecule has 3 rings (SSSR count). The summed E-state index contributed by atoms with van der Waals surface area (Å²) in [5.41, 5.74) is 2.05. The lowest BCUT2D eigenvalue weighted by atomic mass is 10.1. The number of amides is 1. The summed E-state index contributed by atoms with van der Waals surface area (Å²) < 4.78 is 10.5. The van der Waals surface area contributed by atoms with Crippen molar-refractivity contribution >= 4 is 28.9 Å². The number of nitrogens with zero attached hydrogens (tertiary/aromatic N) is 2. The van der Waals surface area contributed by atoms with E-state index in [0.717, 1.165) is 0 Å². The van der Waals surface area contributed by atoms with Gasteiger partial charge in [0.15, 0.2) is 17.3 Å². The summed E-state index contributed by atoms with van der Waals surface area (Å²) in [7, 11) is 3.12. The lowest BCUT2D eigenvalue weighted by Crippen LogP contribution is -2.14. The second-order valence-electron chi connectivity index (χ2n) is 6.07. The van der Waals surface area contributed by atoms with Crippen molar-refractivity contribution in [3.63, 3.8) is 0 Å². The highest BCUT2D eigenvalue weighted by Crippen LogP contribution is 2.30. The number of Topliss-reactive ketones (excluding diaryl/α,β-unsaturated/α-hetero) is 1. The van der Waals surface area contributed by atoms with Gasteiger partial charge in [-0.1, -0.05) is 0 Å². The van der Waals surface area contributed by atoms with Gasteiger partial charge in [-0.3, -0.25) is 9.59 Å². The molecule has 8 heteroatoms. The fraction of sp³-hybridized carbons (Fsp3) is 0.143. The number of hydrogen-bond donors (Lipinski definition) is 2. The minimum Gasteiger partial charge on any atom is -0.493 e. The maximum absolute atomic E-state index is 12.5. The van der Waals surface area contributed by atoms with Crippen LogP contribution < -0.4 is 20.1 Å². The molecule has 1 amide bonds. The number of hydrogen-bond acceptors (Lipinski definition) is 7. The van der Waals surface area contributed by atoms with Crippen molar-refractivity contribution in [1.82, 2.24) is 9.97 Å². The van der Waals surface area contributed by atoms with Crippen LogP contribution in [0.25, 0.3) is 0 Å². The predicted octanol–water partition coefficient (Wildman–Crippen LogP) is 3.69. The molecule has 0 radical (unpaired) electrons. The highest BCUT2D eigenvalue weighted by atomic mass is 16.5. The van der Waals surface area contributed by atoms with Crippen molar-refractivity contribution in [3.8, 4) is 11.5 Å². The van der Waals surface area contributed by atoms with Crippen LogP contribution in [0, 0.1) is 0 Å². The van der Waals surface area contributed by atoms with Crippen molar-refractivity contribution in [1.29, 1.82) is 0 Å². The Bertz CT molecular complexity index is 1040. The van der Waals surface area contributed by atoms with E-state index in [1.165, 1.54) is 19.3 Å². The first-order valence-electron chi connectivity index (χ1n) is 8.73. The molecule has 2 N–H and O–H groups in total. The third kappa shape index (κ3) is 4.86. The molecule has 0 saturated carbocycles. The van der Waals surface area contributed by atoms with Crippen LogP contribution in [0.4, 0.5) is 17.2 Å². The summed E-state index contributed by atoms with van der Waals surface area (Å²) in [6, 6.07) is 13.5. The van der Waals surface area contributed by atoms with E-state index in [1.807, 2.05) is 0 Å². The summed E-state index contributed by atoms with van der Waals surface area (Å²) in [6.07, 6.45) is 1.30. The predicted molar refractivity (Wildman–Crippen MR) is 109 cm³/mol. The number of methoxy groups -OCH3 is 2. The molecule has 0 atom stereocenters. The van der Waals surface area contributed by atoms with Crippen LogP contribution in [0.1, 0.15) is 27.8 Å². The minimum atomic E-state index is -0.390. The van der Waals surface area contributed by atoms with Gasteiger partial charge in [-0.15, -0.1) is 0 Å². The number of carbonyl (C=O) groups is 2. The van der Waals surface area contributed by atoms with Gasteiger partial charge in [0.05, 0.1) is 14.2 Å². The molecule has 0 aliphatic rings. The Morgan fingerprint density at radius 1 is 0.862 bits per heavy atom. The molecule has 1 aromatic heterocycles. The second kappa shape index (κ2) is 8.83. The first-order chi connectivity index (χ1) is 14.0.